The number of halogens is 1. The Labute approximate surface area is 82.4 Å². The normalized spacial score (nSPS) is 10.1. The summed E-state index contributed by atoms with van der Waals surface area (Å²) in [7, 11) is 0. The standard InChI is InChI=1S/C11H13FO2/c1-2-3-4-8-5-9(11(13)14)7-10(12)6-8/h5-7H,2-4H2,1H3,(H,13,14). The Bertz CT molecular complexity index is 334. The summed E-state index contributed by atoms with van der Waals surface area (Å²) in [4.78, 5) is 10.6. The molecule has 0 aliphatic heterocycles. The van der Waals surface area contributed by atoms with E-state index in [9.17, 15) is 9.18 Å². The molecule has 0 saturated carbocycles. The van der Waals surface area contributed by atoms with Crippen molar-refractivity contribution in [1.82, 2.24) is 0 Å². The predicted molar refractivity (Wildman–Crippen MR) is 52.0 cm³/mol. The number of carbonyl (C=O) groups is 1. The second kappa shape index (κ2) is 4.74. The largest absolute Gasteiger partial charge is 0.478 e. The number of carboxylic acids is 1. The first-order chi connectivity index (χ1) is 6.63. The van der Waals surface area contributed by atoms with Gasteiger partial charge < -0.3 is 5.11 Å². The topological polar surface area (TPSA) is 37.3 Å². The third kappa shape index (κ3) is 2.83. The maximum absolute atomic E-state index is 13.0. The molecule has 1 N–H and O–H groups in total. The molecule has 0 bridgehead atoms. The van der Waals surface area contributed by atoms with Crippen molar-refractivity contribution in [1.29, 1.82) is 0 Å². The van der Waals surface area contributed by atoms with Crippen molar-refractivity contribution in [3.8, 4) is 0 Å². The van der Waals surface area contributed by atoms with Gasteiger partial charge in [0.2, 0.25) is 0 Å². The van der Waals surface area contributed by atoms with E-state index in [4.69, 9.17) is 5.11 Å². The third-order valence-corrected chi connectivity index (χ3v) is 2.02. The number of hydrogen-bond donors (Lipinski definition) is 1. The van der Waals surface area contributed by atoms with Gasteiger partial charge in [-0.25, -0.2) is 9.18 Å². The second-order valence-electron chi connectivity index (χ2n) is 3.26. The fourth-order valence-corrected chi connectivity index (χ4v) is 1.30. The van der Waals surface area contributed by atoms with Crippen LogP contribution in [0.1, 0.15) is 35.7 Å². The molecule has 0 aliphatic rings. The lowest BCUT2D eigenvalue weighted by Gasteiger charge is -2.02. The summed E-state index contributed by atoms with van der Waals surface area (Å²) < 4.78 is 13.0. The maximum atomic E-state index is 13.0. The second-order valence-corrected chi connectivity index (χ2v) is 3.26. The van der Waals surface area contributed by atoms with Crippen LogP contribution in [0, 0.1) is 5.82 Å². The van der Waals surface area contributed by atoms with Gasteiger partial charge in [-0.2, -0.15) is 0 Å². The number of hydrogen-bond acceptors (Lipinski definition) is 1. The van der Waals surface area contributed by atoms with Crippen molar-refractivity contribution in [2.75, 3.05) is 0 Å². The van der Waals surface area contributed by atoms with Crippen molar-refractivity contribution >= 4 is 5.97 Å². The molecule has 3 heteroatoms. The van der Waals surface area contributed by atoms with Gasteiger partial charge in [0.05, 0.1) is 5.56 Å². The maximum Gasteiger partial charge on any atom is 0.335 e. The van der Waals surface area contributed by atoms with Crippen molar-refractivity contribution in [3.63, 3.8) is 0 Å². The van der Waals surface area contributed by atoms with Gasteiger partial charge in [-0.1, -0.05) is 13.3 Å². The van der Waals surface area contributed by atoms with Crippen molar-refractivity contribution in [2.24, 2.45) is 0 Å². The Balaban J connectivity index is 2.89. The van der Waals surface area contributed by atoms with Crippen LogP contribution in [-0.4, -0.2) is 11.1 Å². The molecular formula is C11H13FO2. The zero-order valence-corrected chi connectivity index (χ0v) is 8.09. The summed E-state index contributed by atoms with van der Waals surface area (Å²) in [5.74, 6) is -1.56. The summed E-state index contributed by atoms with van der Waals surface area (Å²) in [6.45, 7) is 2.04. The molecule has 0 aliphatic carbocycles. The van der Waals surface area contributed by atoms with E-state index in [0.29, 0.717) is 0 Å². The van der Waals surface area contributed by atoms with Crippen molar-refractivity contribution in [2.45, 2.75) is 26.2 Å². The van der Waals surface area contributed by atoms with Crippen LogP contribution in [0.3, 0.4) is 0 Å². The Hall–Kier alpha value is -1.38. The lowest BCUT2D eigenvalue weighted by molar-refractivity contribution is 0.0696. The molecule has 0 heterocycles. The molecular weight excluding hydrogens is 183 g/mol. The minimum atomic E-state index is -1.08. The van der Waals surface area contributed by atoms with Gasteiger partial charge in [-0.15, -0.1) is 0 Å². The number of rotatable bonds is 4. The molecule has 76 valence electrons. The number of aromatic carboxylic acids is 1. The predicted octanol–water partition coefficient (Wildman–Crippen LogP) is 2.87. The fraction of sp³-hybridized carbons (Fsp3) is 0.364. The number of unbranched alkanes of at least 4 members (excludes halogenated alkanes) is 1. The first-order valence-electron chi connectivity index (χ1n) is 4.66. The first-order valence-corrected chi connectivity index (χ1v) is 4.66. The minimum Gasteiger partial charge on any atom is -0.478 e. The Morgan fingerprint density at radius 3 is 2.71 bits per heavy atom. The lowest BCUT2D eigenvalue weighted by Crippen LogP contribution is -1.99. The van der Waals surface area contributed by atoms with E-state index < -0.39 is 11.8 Å². The van der Waals surface area contributed by atoms with Crippen LogP contribution in [0.15, 0.2) is 18.2 Å². The SMILES string of the molecule is CCCCc1cc(F)cc(C(=O)O)c1. The van der Waals surface area contributed by atoms with Crippen LogP contribution in [0.25, 0.3) is 0 Å². The zero-order valence-electron chi connectivity index (χ0n) is 8.09. The van der Waals surface area contributed by atoms with E-state index in [1.165, 1.54) is 12.1 Å². The van der Waals surface area contributed by atoms with Crippen LogP contribution >= 0.6 is 0 Å². The van der Waals surface area contributed by atoms with Crippen molar-refractivity contribution < 1.29 is 14.3 Å². The summed E-state index contributed by atoms with van der Waals surface area (Å²) in [5, 5.41) is 8.69. The number of aryl methyl sites for hydroxylation is 1. The van der Waals surface area contributed by atoms with Gasteiger partial charge in [0.25, 0.3) is 0 Å². The molecule has 14 heavy (non-hydrogen) atoms. The average Bonchev–Trinajstić information content (AvgIpc) is 2.14. The molecule has 0 saturated heterocycles. The van der Waals surface area contributed by atoms with Gasteiger partial charge in [0, 0.05) is 0 Å². The van der Waals surface area contributed by atoms with Crippen LogP contribution in [0.5, 0.6) is 0 Å². The van der Waals surface area contributed by atoms with Crippen LogP contribution in [0.4, 0.5) is 4.39 Å². The molecule has 0 spiro atoms. The fourth-order valence-electron chi connectivity index (χ4n) is 1.30. The molecule has 0 atom stereocenters. The van der Waals surface area contributed by atoms with Crippen molar-refractivity contribution in [3.05, 3.63) is 35.1 Å². The highest BCUT2D eigenvalue weighted by molar-refractivity contribution is 5.87. The molecule has 0 fully saturated rings. The van der Waals surface area contributed by atoms with Gasteiger partial charge in [0.15, 0.2) is 0 Å². The minimum absolute atomic E-state index is 0.0242. The smallest absolute Gasteiger partial charge is 0.335 e. The average molecular weight is 196 g/mol. The molecule has 0 amide bonds. The molecule has 1 aromatic rings. The lowest BCUT2D eigenvalue weighted by atomic mass is 10.1. The number of benzene rings is 1. The highest BCUT2D eigenvalue weighted by Crippen LogP contribution is 2.11. The Kier molecular flexibility index (Phi) is 3.63. The van der Waals surface area contributed by atoms with E-state index >= 15 is 0 Å². The van der Waals surface area contributed by atoms with E-state index in [0.717, 1.165) is 30.9 Å². The van der Waals surface area contributed by atoms with Crippen LogP contribution in [-0.2, 0) is 6.42 Å². The van der Waals surface area contributed by atoms with E-state index in [-0.39, 0.29) is 5.56 Å². The first kappa shape index (κ1) is 10.7. The molecule has 0 unspecified atom stereocenters. The summed E-state index contributed by atoms with van der Waals surface area (Å²) >= 11 is 0. The Morgan fingerprint density at radius 2 is 2.14 bits per heavy atom. The van der Waals surface area contributed by atoms with Gasteiger partial charge in [0.1, 0.15) is 5.82 Å². The summed E-state index contributed by atoms with van der Waals surface area (Å²) in [6, 6.07) is 3.96. The monoisotopic (exact) mass is 196 g/mol. The summed E-state index contributed by atoms with van der Waals surface area (Å²) in [6.07, 6.45) is 2.69. The van der Waals surface area contributed by atoms with E-state index in [1.54, 1.807) is 0 Å². The molecule has 0 aromatic heterocycles. The van der Waals surface area contributed by atoms with E-state index in [1.807, 2.05) is 6.92 Å². The molecule has 0 radical (unpaired) electrons. The van der Waals surface area contributed by atoms with Gasteiger partial charge in [-0.05, 0) is 36.6 Å². The van der Waals surface area contributed by atoms with E-state index in [2.05, 4.69) is 0 Å². The Morgan fingerprint density at radius 1 is 1.43 bits per heavy atom. The quantitative estimate of drug-likeness (QED) is 0.803. The molecule has 2 nitrogen and oxygen atoms in total. The molecule has 1 aromatic carbocycles. The molecule has 1 rings (SSSR count). The highest BCUT2D eigenvalue weighted by Gasteiger charge is 2.06. The third-order valence-electron chi connectivity index (χ3n) is 2.02. The highest BCUT2D eigenvalue weighted by atomic mass is 19.1. The number of carboxylic acid groups (broad SMARTS) is 1. The van der Waals surface area contributed by atoms with Crippen LogP contribution < -0.4 is 0 Å². The summed E-state index contributed by atoms with van der Waals surface area (Å²) in [5.41, 5.74) is 0.778. The van der Waals surface area contributed by atoms with Crippen LogP contribution in [0.2, 0.25) is 0 Å². The van der Waals surface area contributed by atoms with Gasteiger partial charge >= 0.3 is 5.97 Å². The zero-order chi connectivity index (χ0) is 10.6. The van der Waals surface area contributed by atoms with Gasteiger partial charge in [-0.3, -0.25) is 0 Å².